The van der Waals surface area contributed by atoms with E-state index in [1.54, 1.807) is 20.9 Å². The van der Waals surface area contributed by atoms with E-state index in [2.05, 4.69) is 11.2 Å². The molecule has 0 saturated carbocycles. The molecule has 0 aliphatic carbocycles. The van der Waals surface area contributed by atoms with Crippen molar-refractivity contribution in [3.63, 3.8) is 0 Å². The zero-order valence-electron chi connectivity index (χ0n) is 7.05. The molecule has 0 spiro atoms. The van der Waals surface area contributed by atoms with Gasteiger partial charge in [-0.1, -0.05) is 5.92 Å². The summed E-state index contributed by atoms with van der Waals surface area (Å²) in [4.78, 5) is 11.0. The van der Waals surface area contributed by atoms with E-state index in [1.165, 1.54) is 0 Å². The Morgan fingerprint density at radius 1 is 1.64 bits per heavy atom. The van der Waals surface area contributed by atoms with Gasteiger partial charge in [0.2, 0.25) is 0 Å². The fraction of sp³-hybridized carbons (Fsp3) is 0.625. The van der Waals surface area contributed by atoms with Crippen molar-refractivity contribution in [3.05, 3.63) is 0 Å². The monoisotopic (exact) mass is 155 g/mol. The molecule has 0 rings (SSSR count). The lowest BCUT2D eigenvalue weighted by Crippen LogP contribution is -2.35. The number of hydrogen-bond donors (Lipinski definition) is 1. The Labute approximate surface area is 67.1 Å². The summed E-state index contributed by atoms with van der Waals surface area (Å²) >= 11 is 0. The molecule has 0 aliphatic rings. The van der Waals surface area contributed by atoms with Crippen LogP contribution in [0.25, 0.3) is 0 Å². The molecule has 62 valence electrons. The number of rotatable bonds is 3. The highest BCUT2D eigenvalue weighted by Gasteiger charge is 2.15. The first-order valence-electron chi connectivity index (χ1n) is 3.45. The van der Waals surface area contributed by atoms with Crippen LogP contribution in [0.4, 0.5) is 0 Å². The number of terminal acetylenes is 1. The van der Waals surface area contributed by atoms with E-state index in [-0.39, 0.29) is 6.10 Å². The van der Waals surface area contributed by atoms with Crippen molar-refractivity contribution in [3.8, 4) is 12.3 Å². The number of nitrogens with one attached hydrogen (secondary N) is 1. The Morgan fingerprint density at radius 3 is 2.45 bits per heavy atom. The molecule has 0 aromatic rings. The third kappa shape index (κ3) is 3.64. The summed E-state index contributed by atoms with van der Waals surface area (Å²) in [6.07, 6.45) is 4.93. The molecule has 0 amide bonds. The van der Waals surface area contributed by atoms with Gasteiger partial charge in [-0.2, -0.15) is 0 Å². The SMILES string of the molecule is C#CC(NC)C(=O)OC(C)C. The Balaban J connectivity index is 3.92. The van der Waals surface area contributed by atoms with Crippen molar-refractivity contribution in [2.24, 2.45) is 0 Å². The van der Waals surface area contributed by atoms with E-state index in [4.69, 9.17) is 11.2 Å². The molecule has 11 heavy (non-hydrogen) atoms. The van der Waals surface area contributed by atoms with Crippen LogP contribution in [-0.4, -0.2) is 25.2 Å². The molecule has 0 radical (unpaired) electrons. The normalized spacial score (nSPS) is 12.3. The maximum Gasteiger partial charge on any atom is 0.335 e. The van der Waals surface area contributed by atoms with Crippen LogP contribution >= 0.6 is 0 Å². The number of carbonyl (C=O) groups excluding carboxylic acids is 1. The summed E-state index contributed by atoms with van der Waals surface area (Å²) in [6, 6.07) is -0.627. The van der Waals surface area contributed by atoms with Gasteiger partial charge in [0.25, 0.3) is 0 Å². The molecule has 1 N–H and O–H groups in total. The van der Waals surface area contributed by atoms with Gasteiger partial charge in [-0.3, -0.25) is 5.32 Å². The molecule has 3 heteroatoms. The highest BCUT2D eigenvalue weighted by Crippen LogP contribution is 1.92. The van der Waals surface area contributed by atoms with Gasteiger partial charge in [0.1, 0.15) is 0 Å². The van der Waals surface area contributed by atoms with E-state index in [1.807, 2.05) is 0 Å². The fourth-order valence-electron chi connectivity index (χ4n) is 0.570. The third-order valence-electron chi connectivity index (χ3n) is 1.04. The molecule has 0 heterocycles. The lowest BCUT2D eigenvalue weighted by atomic mass is 10.3. The number of ether oxygens (including phenoxy) is 1. The first-order valence-corrected chi connectivity index (χ1v) is 3.45. The smallest absolute Gasteiger partial charge is 0.335 e. The van der Waals surface area contributed by atoms with Crippen molar-refractivity contribution in [1.29, 1.82) is 0 Å². The number of hydrogen-bond acceptors (Lipinski definition) is 3. The minimum absolute atomic E-state index is 0.119. The Hall–Kier alpha value is -1.01. The van der Waals surface area contributed by atoms with E-state index in [0.29, 0.717) is 0 Å². The molecule has 0 aromatic heterocycles. The van der Waals surface area contributed by atoms with Crippen LogP contribution in [0, 0.1) is 12.3 Å². The van der Waals surface area contributed by atoms with Crippen molar-refractivity contribution in [2.45, 2.75) is 26.0 Å². The van der Waals surface area contributed by atoms with Crippen LogP contribution in [-0.2, 0) is 9.53 Å². The fourth-order valence-corrected chi connectivity index (χ4v) is 0.570. The van der Waals surface area contributed by atoms with Gasteiger partial charge >= 0.3 is 5.97 Å². The molecular weight excluding hydrogens is 142 g/mol. The van der Waals surface area contributed by atoms with E-state index in [9.17, 15) is 4.79 Å². The molecule has 0 saturated heterocycles. The average Bonchev–Trinajstić information content (AvgIpc) is 1.88. The predicted octanol–water partition coefficient (Wildman–Crippen LogP) is 0.159. The van der Waals surface area contributed by atoms with Crippen LogP contribution in [0.15, 0.2) is 0 Å². The minimum Gasteiger partial charge on any atom is -0.461 e. The van der Waals surface area contributed by atoms with Gasteiger partial charge in [0.05, 0.1) is 6.10 Å². The van der Waals surface area contributed by atoms with Crippen LogP contribution in [0.1, 0.15) is 13.8 Å². The zero-order valence-corrected chi connectivity index (χ0v) is 7.05. The van der Waals surface area contributed by atoms with Gasteiger partial charge in [0, 0.05) is 0 Å². The van der Waals surface area contributed by atoms with Crippen molar-refractivity contribution < 1.29 is 9.53 Å². The lowest BCUT2D eigenvalue weighted by molar-refractivity contribution is -0.148. The molecular formula is C8H13NO2. The summed E-state index contributed by atoms with van der Waals surface area (Å²) in [5.74, 6) is 1.87. The van der Waals surface area contributed by atoms with Crippen molar-refractivity contribution in [2.75, 3.05) is 7.05 Å². The molecule has 0 bridgehead atoms. The maximum absolute atomic E-state index is 11.0. The van der Waals surface area contributed by atoms with E-state index >= 15 is 0 Å². The zero-order chi connectivity index (χ0) is 8.85. The first-order chi connectivity index (χ1) is 5.11. The van der Waals surface area contributed by atoms with Crippen LogP contribution in [0.3, 0.4) is 0 Å². The van der Waals surface area contributed by atoms with Gasteiger partial charge < -0.3 is 4.74 Å². The highest BCUT2D eigenvalue weighted by molar-refractivity contribution is 5.79. The highest BCUT2D eigenvalue weighted by atomic mass is 16.5. The summed E-state index contributed by atoms with van der Waals surface area (Å²) in [5, 5.41) is 2.65. The maximum atomic E-state index is 11.0. The first kappa shape index (κ1) is 9.99. The molecule has 0 aliphatic heterocycles. The largest absolute Gasteiger partial charge is 0.461 e. The third-order valence-corrected chi connectivity index (χ3v) is 1.04. The van der Waals surface area contributed by atoms with E-state index < -0.39 is 12.0 Å². The molecule has 1 atom stereocenters. The molecule has 0 fully saturated rings. The van der Waals surface area contributed by atoms with Gasteiger partial charge in [0.15, 0.2) is 6.04 Å². The summed E-state index contributed by atoms with van der Waals surface area (Å²) < 4.78 is 4.85. The van der Waals surface area contributed by atoms with E-state index in [0.717, 1.165) is 0 Å². The average molecular weight is 155 g/mol. The summed E-state index contributed by atoms with van der Waals surface area (Å²) in [6.45, 7) is 3.56. The topological polar surface area (TPSA) is 38.3 Å². The second-order valence-corrected chi connectivity index (χ2v) is 2.37. The van der Waals surface area contributed by atoms with Crippen LogP contribution < -0.4 is 5.32 Å². The van der Waals surface area contributed by atoms with Crippen LogP contribution in [0.5, 0.6) is 0 Å². The number of likely N-dealkylation sites (N-methyl/N-ethyl adjacent to an activating group) is 1. The Morgan fingerprint density at radius 2 is 2.18 bits per heavy atom. The van der Waals surface area contributed by atoms with Crippen LogP contribution in [0.2, 0.25) is 0 Å². The second kappa shape index (κ2) is 4.75. The van der Waals surface area contributed by atoms with Gasteiger partial charge in [-0.15, -0.1) is 6.42 Å². The Kier molecular flexibility index (Phi) is 4.32. The Bertz CT molecular complexity index is 169. The predicted molar refractivity (Wildman–Crippen MR) is 42.9 cm³/mol. The molecule has 0 aromatic carbocycles. The quantitative estimate of drug-likeness (QED) is 0.466. The molecule has 1 unspecified atom stereocenters. The van der Waals surface area contributed by atoms with Crippen molar-refractivity contribution in [1.82, 2.24) is 5.32 Å². The standard InChI is InChI=1S/C8H13NO2/c1-5-7(9-4)8(10)11-6(2)3/h1,6-7,9H,2-4H3. The van der Waals surface area contributed by atoms with Gasteiger partial charge in [-0.05, 0) is 20.9 Å². The minimum atomic E-state index is -0.627. The van der Waals surface area contributed by atoms with Crippen molar-refractivity contribution >= 4 is 5.97 Å². The summed E-state index contributed by atoms with van der Waals surface area (Å²) in [5.41, 5.74) is 0. The number of esters is 1. The lowest BCUT2D eigenvalue weighted by Gasteiger charge is -2.11. The number of carbonyl (C=O) groups is 1. The second-order valence-electron chi connectivity index (χ2n) is 2.37. The molecule has 3 nitrogen and oxygen atoms in total. The summed E-state index contributed by atoms with van der Waals surface area (Å²) in [7, 11) is 1.62. The van der Waals surface area contributed by atoms with Gasteiger partial charge in [-0.25, -0.2) is 4.79 Å².